The van der Waals surface area contributed by atoms with Gasteiger partial charge in [0.25, 0.3) is 0 Å². The van der Waals surface area contributed by atoms with E-state index in [4.69, 9.17) is 5.73 Å². The summed E-state index contributed by atoms with van der Waals surface area (Å²) >= 11 is 0. The second kappa shape index (κ2) is 5.74. The van der Waals surface area contributed by atoms with Gasteiger partial charge in [-0.1, -0.05) is 50.1 Å². The van der Waals surface area contributed by atoms with E-state index in [0.717, 1.165) is 19.3 Å². The molecular formula is C16H24N2O. The van der Waals surface area contributed by atoms with Gasteiger partial charge < -0.3 is 5.73 Å². The molecule has 19 heavy (non-hydrogen) atoms. The number of carbonyl (C=O) groups is 1. The Balaban J connectivity index is 2.19. The van der Waals surface area contributed by atoms with Crippen LogP contribution in [0.4, 0.5) is 0 Å². The molecule has 0 saturated heterocycles. The molecule has 0 unspecified atom stereocenters. The summed E-state index contributed by atoms with van der Waals surface area (Å²) in [6.07, 6.45) is 4.18. The lowest BCUT2D eigenvalue weighted by atomic mass is 9.72. The number of hydrogen-bond acceptors (Lipinski definition) is 2. The first-order chi connectivity index (χ1) is 9.06. The van der Waals surface area contributed by atoms with Crippen molar-refractivity contribution < 1.29 is 4.79 Å². The summed E-state index contributed by atoms with van der Waals surface area (Å²) in [6, 6.07) is 10.3. The maximum atomic E-state index is 12.0. The van der Waals surface area contributed by atoms with Gasteiger partial charge in [-0.25, -0.2) is 0 Å². The summed E-state index contributed by atoms with van der Waals surface area (Å²) in [4.78, 5) is 12.0. The van der Waals surface area contributed by atoms with Crippen LogP contribution >= 0.6 is 0 Å². The number of amides is 1. The lowest BCUT2D eigenvalue weighted by Gasteiger charge is -2.42. The van der Waals surface area contributed by atoms with Crippen LogP contribution in [0.1, 0.15) is 51.1 Å². The van der Waals surface area contributed by atoms with E-state index in [-0.39, 0.29) is 11.9 Å². The normalized spacial score (nSPS) is 28.8. The smallest absolute Gasteiger partial charge is 0.238 e. The van der Waals surface area contributed by atoms with Crippen molar-refractivity contribution in [2.75, 3.05) is 0 Å². The lowest BCUT2D eigenvalue weighted by molar-refractivity contribution is -0.128. The topological polar surface area (TPSA) is 55.1 Å². The van der Waals surface area contributed by atoms with E-state index in [2.05, 4.69) is 31.3 Å². The molecule has 3 atom stereocenters. The summed E-state index contributed by atoms with van der Waals surface area (Å²) in [5.74, 6) is 0.0902. The van der Waals surface area contributed by atoms with Gasteiger partial charge in [0.2, 0.25) is 5.91 Å². The Morgan fingerprint density at radius 2 is 2.05 bits per heavy atom. The Hall–Kier alpha value is -1.35. The van der Waals surface area contributed by atoms with Crippen LogP contribution in [-0.4, -0.2) is 11.4 Å². The molecule has 0 heterocycles. The van der Waals surface area contributed by atoms with Crippen molar-refractivity contribution in [2.24, 2.45) is 11.7 Å². The summed E-state index contributed by atoms with van der Waals surface area (Å²) in [5, 5.41) is 3.52. The molecule has 1 fully saturated rings. The molecule has 0 bridgehead atoms. The van der Waals surface area contributed by atoms with Crippen LogP contribution in [-0.2, 0) is 4.79 Å². The third-order valence-corrected chi connectivity index (χ3v) is 4.51. The molecule has 3 N–H and O–H groups in total. The second-order valence-corrected chi connectivity index (χ2v) is 5.76. The van der Waals surface area contributed by atoms with Crippen molar-refractivity contribution in [2.45, 2.75) is 51.1 Å². The van der Waals surface area contributed by atoms with Gasteiger partial charge in [-0.3, -0.25) is 10.1 Å². The molecule has 0 spiro atoms. The van der Waals surface area contributed by atoms with Crippen molar-refractivity contribution in [1.29, 1.82) is 0 Å². The Kier molecular flexibility index (Phi) is 4.25. The third kappa shape index (κ3) is 2.81. The van der Waals surface area contributed by atoms with E-state index in [9.17, 15) is 4.79 Å². The van der Waals surface area contributed by atoms with Crippen molar-refractivity contribution in [3.05, 3.63) is 35.9 Å². The number of primary amides is 1. The van der Waals surface area contributed by atoms with Gasteiger partial charge in [-0.2, -0.15) is 0 Å². The molecule has 0 radical (unpaired) electrons. The number of nitrogens with one attached hydrogen (secondary N) is 1. The average molecular weight is 260 g/mol. The minimum atomic E-state index is -0.548. The number of benzene rings is 1. The van der Waals surface area contributed by atoms with Gasteiger partial charge in [0, 0.05) is 6.04 Å². The number of nitrogens with two attached hydrogens (primary N) is 1. The standard InChI is InChI=1S/C16H24N2O/c1-12-8-6-7-11-16(12,15(17)19)18-13(2)14-9-4-3-5-10-14/h3-5,9-10,12-13,18H,6-8,11H2,1-2H3,(H2,17,19)/t12-,13-,16+/m0/s1. The molecule has 1 aromatic rings. The molecule has 1 saturated carbocycles. The van der Waals surface area contributed by atoms with E-state index < -0.39 is 5.54 Å². The number of carbonyl (C=O) groups excluding carboxylic acids is 1. The van der Waals surface area contributed by atoms with Crippen LogP contribution in [0.15, 0.2) is 30.3 Å². The molecule has 3 heteroatoms. The average Bonchev–Trinajstić information content (AvgIpc) is 2.42. The molecule has 2 rings (SSSR count). The molecule has 0 aromatic heterocycles. The summed E-state index contributed by atoms with van der Waals surface area (Å²) in [7, 11) is 0. The molecule has 1 amide bonds. The highest BCUT2D eigenvalue weighted by Gasteiger charge is 2.44. The van der Waals surface area contributed by atoms with Gasteiger partial charge >= 0.3 is 0 Å². The van der Waals surface area contributed by atoms with Gasteiger partial charge in [-0.15, -0.1) is 0 Å². The van der Waals surface area contributed by atoms with E-state index in [1.807, 2.05) is 18.2 Å². The fourth-order valence-corrected chi connectivity index (χ4v) is 3.21. The second-order valence-electron chi connectivity index (χ2n) is 5.76. The van der Waals surface area contributed by atoms with Crippen LogP contribution in [0.2, 0.25) is 0 Å². The van der Waals surface area contributed by atoms with Crippen LogP contribution in [0.3, 0.4) is 0 Å². The summed E-state index contributed by atoms with van der Waals surface area (Å²) < 4.78 is 0. The highest BCUT2D eigenvalue weighted by molar-refractivity contribution is 5.85. The van der Waals surface area contributed by atoms with E-state index in [1.165, 1.54) is 12.0 Å². The van der Waals surface area contributed by atoms with Crippen molar-refractivity contribution in [3.63, 3.8) is 0 Å². The number of hydrogen-bond donors (Lipinski definition) is 2. The van der Waals surface area contributed by atoms with Crippen molar-refractivity contribution in [3.8, 4) is 0 Å². The fourth-order valence-electron chi connectivity index (χ4n) is 3.21. The Labute approximate surface area is 115 Å². The predicted octanol–water partition coefficient (Wildman–Crippen LogP) is 2.77. The first kappa shape index (κ1) is 14.1. The van der Waals surface area contributed by atoms with E-state index in [0.29, 0.717) is 5.92 Å². The third-order valence-electron chi connectivity index (χ3n) is 4.51. The zero-order valence-corrected chi connectivity index (χ0v) is 11.9. The Morgan fingerprint density at radius 1 is 1.37 bits per heavy atom. The van der Waals surface area contributed by atoms with Crippen molar-refractivity contribution in [1.82, 2.24) is 5.32 Å². The van der Waals surface area contributed by atoms with Gasteiger partial charge in [-0.05, 0) is 31.2 Å². The molecule has 1 aromatic carbocycles. The highest BCUT2D eigenvalue weighted by Crippen LogP contribution is 2.35. The monoisotopic (exact) mass is 260 g/mol. The molecule has 1 aliphatic carbocycles. The molecular weight excluding hydrogens is 236 g/mol. The zero-order chi connectivity index (χ0) is 13.9. The van der Waals surface area contributed by atoms with E-state index in [1.54, 1.807) is 0 Å². The zero-order valence-electron chi connectivity index (χ0n) is 11.9. The Morgan fingerprint density at radius 3 is 2.63 bits per heavy atom. The lowest BCUT2D eigenvalue weighted by Crippen LogP contribution is -2.61. The molecule has 104 valence electrons. The maximum Gasteiger partial charge on any atom is 0.238 e. The maximum absolute atomic E-state index is 12.0. The minimum absolute atomic E-state index is 0.134. The van der Waals surface area contributed by atoms with Gasteiger partial charge in [0.1, 0.15) is 5.54 Å². The van der Waals surface area contributed by atoms with Crippen molar-refractivity contribution >= 4 is 5.91 Å². The quantitative estimate of drug-likeness (QED) is 0.874. The number of rotatable bonds is 4. The summed E-state index contributed by atoms with van der Waals surface area (Å²) in [5.41, 5.74) is 6.36. The first-order valence-electron chi connectivity index (χ1n) is 7.19. The van der Waals surface area contributed by atoms with E-state index >= 15 is 0 Å². The van der Waals surface area contributed by atoms with Gasteiger partial charge in [0.05, 0.1) is 0 Å². The van der Waals surface area contributed by atoms with Crippen LogP contribution in [0.25, 0.3) is 0 Å². The predicted molar refractivity (Wildman–Crippen MR) is 77.6 cm³/mol. The Bertz CT molecular complexity index is 432. The highest BCUT2D eigenvalue weighted by atomic mass is 16.1. The summed E-state index contributed by atoms with van der Waals surface area (Å²) in [6.45, 7) is 4.23. The minimum Gasteiger partial charge on any atom is -0.368 e. The molecule has 1 aliphatic rings. The van der Waals surface area contributed by atoms with Crippen LogP contribution < -0.4 is 11.1 Å². The van der Waals surface area contributed by atoms with Crippen LogP contribution in [0.5, 0.6) is 0 Å². The van der Waals surface area contributed by atoms with Gasteiger partial charge in [0.15, 0.2) is 0 Å². The molecule has 0 aliphatic heterocycles. The molecule has 3 nitrogen and oxygen atoms in total. The fraction of sp³-hybridized carbons (Fsp3) is 0.562. The first-order valence-corrected chi connectivity index (χ1v) is 7.19. The largest absolute Gasteiger partial charge is 0.368 e. The van der Waals surface area contributed by atoms with Crippen LogP contribution in [0, 0.1) is 5.92 Å². The SMILES string of the molecule is C[C@H](N[C@]1(C(N)=O)CCCC[C@@H]1C)c1ccccc1.